The van der Waals surface area contributed by atoms with Crippen molar-refractivity contribution >= 4 is 11.6 Å². The van der Waals surface area contributed by atoms with Crippen LogP contribution in [0.1, 0.15) is 15.9 Å². The first-order chi connectivity index (χ1) is 7.66. The minimum atomic E-state index is -0.272. The number of hydrogen-bond donors (Lipinski definition) is 2. The summed E-state index contributed by atoms with van der Waals surface area (Å²) in [5.74, 6) is -0.104. The number of aryl methyl sites for hydroxylation is 1. The molecule has 82 valence electrons. The number of nitrogens with zero attached hydrogens (tertiary/aromatic N) is 1. The number of hydrogen-bond acceptors (Lipinski definition) is 4. The van der Waals surface area contributed by atoms with E-state index in [2.05, 4.69) is 15.0 Å². The first-order valence-corrected chi connectivity index (χ1v) is 4.67. The van der Waals surface area contributed by atoms with Gasteiger partial charge in [0.05, 0.1) is 6.20 Å². The number of nitrogens with one attached hydrogen (secondary N) is 1. The fraction of sp³-hybridized carbons (Fsp3) is 0.0909. The van der Waals surface area contributed by atoms with Crippen molar-refractivity contribution in [3.63, 3.8) is 0 Å². The lowest BCUT2D eigenvalue weighted by molar-refractivity contribution is 0.102. The third kappa shape index (κ3) is 2.03. The van der Waals surface area contributed by atoms with Gasteiger partial charge in [-0.05, 0) is 30.7 Å². The standard InChI is InChI=1S/C11H10N2O3/c1-7-4-8(2-3-10(7)14)11(15)13-9-5-12-16-6-9/h2-6,14H,1H3,(H,13,15). The van der Waals surface area contributed by atoms with Crippen molar-refractivity contribution in [3.8, 4) is 5.75 Å². The Morgan fingerprint density at radius 3 is 2.94 bits per heavy atom. The Bertz CT molecular complexity index is 506. The highest BCUT2D eigenvalue weighted by molar-refractivity contribution is 6.04. The molecule has 0 fully saturated rings. The minimum Gasteiger partial charge on any atom is -0.508 e. The summed E-state index contributed by atoms with van der Waals surface area (Å²) in [4.78, 5) is 11.7. The molecular formula is C11H10N2O3. The number of aromatic hydroxyl groups is 1. The van der Waals surface area contributed by atoms with E-state index in [1.165, 1.54) is 18.5 Å². The molecule has 0 atom stereocenters. The van der Waals surface area contributed by atoms with Crippen LogP contribution in [-0.2, 0) is 0 Å². The van der Waals surface area contributed by atoms with Crippen LogP contribution < -0.4 is 5.32 Å². The lowest BCUT2D eigenvalue weighted by Crippen LogP contribution is -2.11. The Morgan fingerprint density at radius 2 is 2.31 bits per heavy atom. The molecule has 2 aromatic rings. The summed E-state index contributed by atoms with van der Waals surface area (Å²) in [6.07, 6.45) is 2.75. The van der Waals surface area contributed by atoms with E-state index >= 15 is 0 Å². The van der Waals surface area contributed by atoms with Gasteiger partial charge in [-0.3, -0.25) is 4.79 Å². The fourth-order valence-electron chi connectivity index (χ4n) is 1.27. The predicted molar refractivity (Wildman–Crippen MR) is 57.3 cm³/mol. The summed E-state index contributed by atoms with van der Waals surface area (Å²) >= 11 is 0. The van der Waals surface area contributed by atoms with Crippen LogP contribution in [0.4, 0.5) is 5.69 Å². The van der Waals surface area contributed by atoms with Crippen LogP contribution in [0.15, 0.2) is 35.2 Å². The van der Waals surface area contributed by atoms with Crippen molar-refractivity contribution < 1.29 is 14.4 Å². The second-order valence-corrected chi connectivity index (χ2v) is 3.37. The molecule has 0 radical (unpaired) electrons. The molecule has 0 bridgehead atoms. The number of carbonyl (C=O) groups is 1. The monoisotopic (exact) mass is 218 g/mol. The van der Waals surface area contributed by atoms with Gasteiger partial charge in [0.1, 0.15) is 17.7 Å². The van der Waals surface area contributed by atoms with E-state index in [1.54, 1.807) is 19.1 Å². The molecule has 0 saturated heterocycles. The highest BCUT2D eigenvalue weighted by Gasteiger charge is 2.08. The highest BCUT2D eigenvalue weighted by atomic mass is 16.5. The van der Waals surface area contributed by atoms with Gasteiger partial charge in [-0.1, -0.05) is 5.16 Å². The van der Waals surface area contributed by atoms with Gasteiger partial charge in [0, 0.05) is 5.56 Å². The number of carbonyl (C=O) groups excluding carboxylic acids is 1. The van der Waals surface area contributed by atoms with Gasteiger partial charge in [-0.2, -0.15) is 0 Å². The predicted octanol–water partition coefficient (Wildman–Crippen LogP) is 1.94. The second kappa shape index (κ2) is 4.06. The van der Waals surface area contributed by atoms with Crippen LogP contribution in [0.3, 0.4) is 0 Å². The lowest BCUT2D eigenvalue weighted by Gasteiger charge is -2.04. The van der Waals surface area contributed by atoms with Crippen LogP contribution in [0, 0.1) is 6.92 Å². The van der Waals surface area contributed by atoms with E-state index in [4.69, 9.17) is 0 Å². The van der Waals surface area contributed by atoms with Crippen molar-refractivity contribution in [2.45, 2.75) is 6.92 Å². The highest BCUT2D eigenvalue weighted by Crippen LogP contribution is 2.17. The molecular weight excluding hydrogens is 208 g/mol. The maximum Gasteiger partial charge on any atom is 0.255 e. The van der Waals surface area contributed by atoms with E-state index in [9.17, 15) is 9.90 Å². The van der Waals surface area contributed by atoms with Crippen LogP contribution in [-0.4, -0.2) is 16.2 Å². The molecule has 0 aliphatic rings. The molecule has 16 heavy (non-hydrogen) atoms. The Morgan fingerprint density at radius 1 is 1.50 bits per heavy atom. The number of phenols is 1. The molecule has 0 spiro atoms. The number of benzene rings is 1. The number of phenolic OH excluding ortho intramolecular Hbond substituents is 1. The zero-order chi connectivity index (χ0) is 11.5. The SMILES string of the molecule is Cc1cc(C(=O)Nc2cnoc2)ccc1O. The summed E-state index contributed by atoms with van der Waals surface area (Å²) in [6.45, 7) is 1.73. The van der Waals surface area contributed by atoms with E-state index in [-0.39, 0.29) is 11.7 Å². The molecule has 0 saturated carbocycles. The minimum absolute atomic E-state index is 0.168. The average molecular weight is 218 g/mol. The van der Waals surface area contributed by atoms with Gasteiger partial charge in [0.2, 0.25) is 0 Å². The van der Waals surface area contributed by atoms with Crippen molar-refractivity contribution in [2.75, 3.05) is 5.32 Å². The van der Waals surface area contributed by atoms with E-state index < -0.39 is 0 Å². The summed E-state index contributed by atoms with van der Waals surface area (Å²) in [6, 6.07) is 4.64. The molecule has 2 N–H and O–H groups in total. The number of anilines is 1. The lowest BCUT2D eigenvalue weighted by atomic mass is 10.1. The first-order valence-electron chi connectivity index (χ1n) is 4.67. The smallest absolute Gasteiger partial charge is 0.255 e. The molecule has 1 amide bonds. The van der Waals surface area contributed by atoms with Crippen molar-refractivity contribution in [1.29, 1.82) is 0 Å². The summed E-state index contributed by atoms with van der Waals surface area (Å²) in [5.41, 5.74) is 1.62. The molecule has 2 rings (SSSR count). The fourth-order valence-corrected chi connectivity index (χ4v) is 1.27. The van der Waals surface area contributed by atoms with Gasteiger partial charge >= 0.3 is 0 Å². The second-order valence-electron chi connectivity index (χ2n) is 3.37. The zero-order valence-electron chi connectivity index (χ0n) is 8.60. The summed E-state index contributed by atoms with van der Waals surface area (Å²) in [5, 5.41) is 15.4. The Labute approximate surface area is 91.7 Å². The Hall–Kier alpha value is -2.30. The molecule has 0 aliphatic carbocycles. The summed E-state index contributed by atoms with van der Waals surface area (Å²) in [7, 11) is 0. The first kappa shape index (κ1) is 10.2. The Kier molecular flexibility index (Phi) is 2.59. The van der Waals surface area contributed by atoms with E-state index in [1.807, 2.05) is 0 Å². The van der Waals surface area contributed by atoms with Crippen LogP contribution in [0.2, 0.25) is 0 Å². The van der Waals surface area contributed by atoms with Gasteiger partial charge < -0.3 is 14.9 Å². The molecule has 0 aliphatic heterocycles. The molecule has 0 unspecified atom stereocenters. The molecule has 1 heterocycles. The van der Waals surface area contributed by atoms with Crippen LogP contribution >= 0.6 is 0 Å². The quantitative estimate of drug-likeness (QED) is 0.807. The largest absolute Gasteiger partial charge is 0.508 e. The van der Waals surface area contributed by atoms with E-state index in [0.717, 1.165) is 0 Å². The van der Waals surface area contributed by atoms with E-state index in [0.29, 0.717) is 16.8 Å². The third-order valence-electron chi connectivity index (χ3n) is 2.15. The van der Waals surface area contributed by atoms with Gasteiger partial charge in [-0.15, -0.1) is 0 Å². The normalized spacial score (nSPS) is 10.1. The van der Waals surface area contributed by atoms with Gasteiger partial charge in [0.25, 0.3) is 5.91 Å². The topological polar surface area (TPSA) is 75.4 Å². The van der Waals surface area contributed by atoms with Gasteiger partial charge in [0.15, 0.2) is 0 Å². The average Bonchev–Trinajstić information content (AvgIpc) is 2.74. The number of rotatable bonds is 2. The van der Waals surface area contributed by atoms with Gasteiger partial charge in [-0.25, -0.2) is 0 Å². The maximum absolute atomic E-state index is 11.7. The van der Waals surface area contributed by atoms with Crippen LogP contribution in [0.25, 0.3) is 0 Å². The van der Waals surface area contributed by atoms with Crippen molar-refractivity contribution in [3.05, 3.63) is 41.8 Å². The maximum atomic E-state index is 11.7. The number of aromatic nitrogens is 1. The number of amides is 1. The molecule has 1 aromatic heterocycles. The van der Waals surface area contributed by atoms with Crippen molar-refractivity contribution in [1.82, 2.24) is 5.16 Å². The molecule has 5 nitrogen and oxygen atoms in total. The summed E-state index contributed by atoms with van der Waals surface area (Å²) < 4.78 is 4.59. The molecule has 5 heteroatoms. The third-order valence-corrected chi connectivity index (χ3v) is 2.15. The van der Waals surface area contributed by atoms with Crippen LogP contribution in [0.5, 0.6) is 5.75 Å². The zero-order valence-corrected chi connectivity index (χ0v) is 8.60. The van der Waals surface area contributed by atoms with Crippen molar-refractivity contribution in [2.24, 2.45) is 0 Å². The molecule has 1 aromatic carbocycles. The Balaban J connectivity index is 2.18.